The van der Waals surface area contributed by atoms with Gasteiger partial charge in [0.15, 0.2) is 5.96 Å². The normalized spacial score (nSPS) is 19.5. The van der Waals surface area contributed by atoms with Gasteiger partial charge in [0, 0.05) is 38.7 Å². The molecule has 0 radical (unpaired) electrons. The second-order valence-corrected chi connectivity index (χ2v) is 6.45. The Morgan fingerprint density at radius 2 is 2.12 bits per heavy atom. The fourth-order valence-electron chi connectivity index (χ4n) is 3.38. The number of nitrogens with zero attached hydrogens (tertiary/aromatic N) is 3. The van der Waals surface area contributed by atoms with Crippen molar-refractivity contribution < 1.29 is 4.52 Å². The van der Waals surface area contributed by atoms with Crippen LogP contribution in [-0.4, -0.2) is 49.2 Å². The molecule has 0 spiro atoms. The van der Waals surface area contributed by atoms with Crippen LogP contribution in [0.1, 0.15) is 50.6 Å². The molecule has 1 aromatic rings. The van der Waals surface area contributed by atoms with E-state index in [1.54, 1.807) is 0 Å². The molecule has 0 aromatic carbocycles. The standard InChI is InChI=1S/C18H33N5O/c1-5-16-15(17(6-2)24-22-16)12-21-18(19-4)20-11-14-9-8-10-23(7-3)13-14/h14H,5-13H2,1-4H3,(H2,19,20,21). The van der Waals surface area contributed by atoms with Gasteiger partial charge in [0.1, 0.15) is 5.76 Å². The molecule has 1 unspecified atom stereocenters. The maximum atomic E-state index is 5.43. The maximum absolute atomic E-state index is 5.43. The first-order chi connectivity index (χ1) is 11.7. The van der Waals surface area contributed by atoms with E-state index in [1.165, 1.54) is 31.5 Å². The first-order valence-corrected chi connectivity index (χ1v) is 9.34. The number of aromatic nitrogens is 1. The largest absolute Gasteiger partial charge is 0.361 e. The van der Waals surface area contributed by atoms with Crippen LogP contribution < -0.4 is 10.6 Å². The van der Waals surface area contributed by atoms with Gasteiger partial charge in [0.05, 0.1) is 5.69 Å². The number of aliphatic imine (C=N–C) groups is 1. The third-order valence-electron chi connectivity index (χ3n) is 4.87. The second-order valence-electron chi connectivity index (χ2n) is 6.45. The van der Waals surface area contributed by atoms with E-state index in [0.717, 1.165) is 43.3 Å². The van der Waals surface area contributed by atoms with E-state index < -0.39 is 0 Å². The van der Waals surface area contributed by atoms with E-state index >= 15 is 0 Å². The number of hydrogen-bond donors (Lipinski definition) is 2. The summed E-state index contributed by atoms with van der Waals surface area (Å²) in [4.78, 5) is 6.88. The van der Waals surface area contributed by atoms with Gasteiger partial charge in [-0.1, -0.05) is 25.9 Å². The van der Waals surface area contributed by atoms with Crippen LogP contribution in [0.15, 0.2) is 9.52 Å². The lowest BCUT2D eigenvalue weighted by Gasteiger charge is -2.32. The lowest BCUT2D eigenvalue weighted by atomic mass is 9.98. The summed E-state index contributed by atoms with van der Waals surface area (Å²) >= 11 is 0. The molecule has 2 heterocycles. The zero-order valence-corrected chi connectivity index (χ0v) is 15.7. The van der Waals surface area contributed by atoms with Crippen LogP contribution in [-0.2, 0) is 19.4 Å². The smallest absolute Gasteiger partial charge is 0.191 e. The molecule has 0 aliphatic carbocycles. The molecule has 1 fully saturated rings. The van der Waals surface area contributed by atoms with Gasteiger partial charge in [-0.2, -0.15) is 0 Å². The van der Waals surface area contributed by atoms with Crippen LogP contribution in [0.2, 0.25) is 0 Å². The summed E-state index contributed by atoms with van der Waals surface area (Å²) in [6.07, 6.45) is 4.35. The summed E-state index contributed by atoms with van der Waals surface area (Å²) in [5.74, 6) is 2.53. The maximum Gasteiger partial charge on any atom is 0.191 e. The van der Waals surface area contributed by atoms with Crippen molar-refractivity contribution in [1.29, 1.82) is 0 Å². The Labute approximate surface area is 146 Å². The molecule has 0 saturated carbocycles. The molecule has 1 atom stereocenters. The SMILES string of the molecule is CCc1noc(CC)c1CNC(=NC)NCC1CCCN(CC)C1. The average molecular weight is 335 g/mol. The fraction of sp³-hybridized carbons (Fsp3) is 0.778. The molecule has 24 heavy (non-hydrogen) atoms. The van der Waals surface area contributed by atoms with Gasteiger partial charge < -0.3 is 20.1 Å². The van der Waals surface area contributed by atoms with E-state index in [9.17, 15) is 0 Å². The molecule has 136 valence electrons. The molecule has 6 nitrogen and oxygen atoms in total. The Balaban J connectivity index is 1.83. The highest BCUT2D eigenvalue weighted by Crippen LogP contribution is 2.16. The summed E-state index contributed by atoms with van der Waals surface area (Å²) in [6, 6.07) is 0. The lowest BCUT2D eigenvalue weighted by Crippen LogP contribution is -2.44. The third kappa shape index (κ3) is 4.97. The van der Waals surface area contributed by atoms with Crippen molar-refractivity contribution in [2.45, 2.75) is 53.0 Å². The zero-order chi connectivity index (χ0) is 17.4. The van der Waals surface area contributed by atoms with Gasteiger partial charge in [-0.3, -0.25) is 4.99 Å². The third-order valence-corrected chi connectivity index (χ3v) is 4.87. The van der Waals surface area contributed by atoms with Gasteiger partial charge in [-0.25, -0.2) is 0 Å². The van der Waals surface area contributed by atoms with Crippen LogP contribution in [0, 0.1) is 5.92 Å². The predicted molar refractivity (Wildman–Crippen MR) is 98.3 cm³/mol. The first-order valence-electron chi connectivity index (χ1n) is 9.34. The molecular weight excluding hydrogens is 302 g/mol. The minimum Gasteiger partial charge on any atom is -0.361 e. The number of piperidine rings is 1. The topological polar surface area (TPSA) is 65.7 Å². The van der Waals surface area contributed by atoms with E-state index in [1.807, 2.05) is 7.05 Å². The van der Waals surface area contributed by atoms with Gasteiger partial charge in [0.25, 0.3) is 0 Å². The zero-order valence-electron chi connectivity index (χ0n) is 15.7. The first kappa shape index (κ1) is 18.8. The highest BCUT2D eigenvalue weighted by atomic mass is 16.5. The number of hydrogen-bond acceptors (Lipinski definition) is 4. The molecule has 1 aliphatic rings. The number of nitrogens with one attached hydrogen (secondary N) is 2. The second kappa shape index (κ2) is 9.67. The van der Waals surface area contributed by atoms with E-state index in [0.29, 0.717) is 12.5 Å². The van der Waals surface area contributed by atoms with Gasteiger partial charge in [-0.15, -0.1) is 0 Å². The van der Waals surface area contributed by atoms with Crippen molar-refractivity contribution in [3.63, 3.8) is 0 Å². The summed E-state index contributed by atoms with van der Waals surface area (Å²) in [7, 11) is 1.82. The van der Waals surface area contributed by atoms with E-state index in [-0.39, 0.29) is 0 Å². The van der Waals surface area contributed by atoms with Crippen molar-refractivity contribution in [2.24, 2.45) is 10.9 Å². The number of aryl methyl sites for hydroxylation is 2. The highest BCUT2D eigenvalue weighted by Gasteiger charge is 2.19. The van der Waals surface area contributed by atoms with Crippen molar-refractivity contribution in [3.8, 4) is 0 Å². The Morgan fingerprint density at radius 1 is 1.29 bits per heavy atom. The van der Waals surface area contributed by atoms with Gasteiger partial charge in [-0.05, 0) is 38.3 Å². The van der Waals surface area contributed by atoms with Crippen LogP contribution in [0.3, 0.4) is 0 Å². The summed E-state index contributed by atoms with van der Waals surface area (Å²) in [6.45, 7) is 11.7. The quantitative estimate of drug-likeness (QED) is 0.591. The van der Waals surface area contributed by atoms with Crippen LogP contribution >= 0.6 is 0 Å². The van der Waals surface area contributed by atoms with Gasteiger partial charge in [0.2, 0.25) is 0 Å². The van der Waals surface area contributed by atoms with Crippen molar-refractivity contribution in [1.82, 2.24) is 20.7 Å². The Morgan fingerprint density at radius 3 is 2.79 bits per heavy atom. The average Bonchev–Trinajstić information content (AvgIpc) is 3.04. The minimum absolute atomic E-state index is 0.699. The van der Waals surface area contributed by atoms with Crippen LogP contribution in [0.25, 0.3) is 0 Å². The Bertz CT molecular complexity index is 504. The summed E-state index contributed by atoms with van der Waals surface area (Å²) < 4.78 is 5.43. The van der Waals surface area contributed by atoms with Gasteiger partial charge >= 0.3 is 0 Å². The molecule has 6 heteroatoms. The van der Waals surface area contributed by atoms with Crippen molar-refractivity contribution in [2.75, 3.05) is 33.2 Å². The molecule has 2 N–H and O–H groups in total. The number of rotatable bonds is 7. The Hall–Kier alpha value is -1.56. The van der Waals surface area contributed by atoms with Crippen LogP contribution in [0.5, 0.6) is 0 Å². The highest BCUT2D eigenvalue weighted by molar-refractivity contribution is 5.79. The number of guanidine groups is 1. The Kier molecular flexibility index (Phi) is 7.56. The summed E-state index contributed by atoms with van der Waals surface area (Å²) in [5, 5.41) is 11.1. The molecule has 1 aromatic heterocycles. The van der Waals surface area contributed by atoms with E-state index in [4.69, 9.17) is 4.52 Å². The monoisotopic (exact) mass is 335 g/mol. The van der Waals surface area contributed by atoms with Crippen LogP contribution in [0.4, 0.5) is 0 Å². The summed E-state index contributed by atoms with van der Waals surface area (Å²) in [5.41, 5.74) is 2.22. The number of likely N-dealkylation sites (tertiary alicyclic amines) is 1. The van der Waals surface area contributed by atoms with Crippen molar-refractivity contribution >= 4 is 5.96 Å². The predicted octanol–water partition coefficient (Wildman–Crippen LogP) is 2.20. The molecule has 2 rings (SSSR count). The molecule has 1 saturated heterocycles. The van der Waals surface area contributed by atoms with Crippen molar-refractivity contribution in [3.05, 3.63) is 17.0 Å². The molecule has 1 aliphatic heterocycles. The van der Waals surface area contributed by atoms with E-state index in [2.05, 4.69) is 46.5 Å². The molecule has 0 amide bonds. The minimum atomic E-state index is 0.699. The molecular formula is C18H33N5O. The fourth-order valence-corrected chi connectivity index (χ4v) is 3.38. The molecule has 0 bridgehead atoms. The lowest BCUT2D eigenvalue weighted by molar-refractivity contribution is 0.183.